The van der Waals surface area contributed by atoms with Crippen molar-refractivity contribution in [1.82, 2.24) is 4.98 Å². The van der Waals surface area contributed by atoms with E-state index in [0.29, 0.717) is 17.8 Å². The number of nitrogens with zero attached hydrogens (tertiary/aromatic N) is 1. The third-order valence-electron chi connectivity index (χ3n) is 5.18. The maximum Gasteiger partial charge on any atom is 0.0444 e. The van der Waals surface area contributed by atoms with Gasteiger partial charge in [0.1, 0.15) is 0 Å². The van der Waals surface area contributed by atoms with E-state index in [2.05, 4.69) is 42.5 Å². The van der Waals surface area contributed by atoms with Crippen molar-refractivity contribution in [3.63, 3.8) is 0 Å². The molecule has 0 bridgehead atoms. The van der Waals surface area contributed by atoms with E-state index in [-0.39, 0.29) is 0 Å². The predicted octanol–water partition coefficient (Wildman–Crippen LogP) is 4.98. The van der Waals surface area contributed by atoms with Gasteiger partial charge in [0.15, 0.2) is 0 Å². The van der Waals surface area contributed by atoms with Crippen LogP contribution in [0, 0.1) is 0 Å². The normalized spacial score (nSPS) is 24.6. The summed E-state index contributed by atoms with van der Waals surface area (Å²) in [6, 6.07) is 15.3. The van der Waals surface area contributed by atoms with Gasteiger partial charge in [0.05, 0.1) is 0 Å². The summed E-state index contributed by atoms with van der Waals surface area (Å²) in [6.45, 7) is 0. The predicted molar refractivity (Wildman–Crippen MR) is 92.0 cm³/mol. The Kier molecular flexibility index (Phi) is 3.93. The molecule has 2 unspecified atom stereocenters. The Morgan fingerprint density at radius 1 is 0.909 bits per heavy atom. The summed E-state index contributed by atoms with van der Waals surface area (Å²) in [7, 11) is 0. The average molecular weight is 310 g/mol. The van der Waals surface area contributed by atoms with Crippen molar-refractivity contribution in [1.29, 1.82) is 0 Å². The van der Waals surface area contributed by atoms with Crippen molar-refractivity contribution >= 4 is 11.9 Å². The minimum Gasteiger partial charge on any atom is -0.274 e. The standard InChI is InChI=1S/C19H22N2S/c20-22-15-10-8-13(9-11-15)16-12-17(16)19-7-3-6-18(21-19)14-4-1-2-5-14/h3,6-11,14,16-17H,1-2,4-5,12,20H2. The van der Waals surface area contributed by atoms with Crippen LogP contribution in [-0.4, -0.2) is 4.98 Å². The molecular formula is C19H22N2S. The molecule has 2 aliphatic carbocycles. The first-order valence-electron chi connectivity index (χ1n) is 8.28. The summed E-state index contributed by atoms with van der Waals surface area (Å²) in [4.78, 5) is 6.13. The molecule has 3 heteroatoms. The van der Waals surface area contributed by atoms with Gasteiger partial charge in [-0.15, -0.1) is 0 Å². The summed E-state index contributed by atoms with van der Waals surface area (Å²) in [5, 5.41) is 5.59. The average Bonchev–Trinajstić information content (AvgIpc) is 3.19. The first kappa shape index (κ1) is 14.3. The topological polar surface area (TPSA) is 38.9 Å². The van der Waals surface area contributed by atoms with Crippen LogP contribution in [0.1, 0.15) is 66.8 Å². The van der Waals surface area contributed by atoms with Gasteiger partial charge in [-0.3, -0.25) is 10.1 Å². The second-order valence-corrected chi connectivity index (χ2v) is 7.31. The molecule has 2 N–H and O–H groups in total. The Morgan fingerprint density at radius 2 is 1.64 bits per heavy atom. The molecule has 1 heterocycles. The molecule has 0 spiro atoms. The molecule has 2 aromatic rings. The maximum absolute atomic E-state index is 5.59. The third-order valence-corrected chi connectivity index (χ3v) is 5.72. The van der Waals surface area contributed by atoms with E-state index < -0.39 is 0 Å². The Bertz CT molecular complexity index is 647. The van der Waals surface area contributed by atoms with Crippen LogP contribution < -0.4 is 5.14 Å². The molecule has 2 saturated carbocycles. The molecule has 2 fully saturated rings. The van der Waals surface area contributed by atoms with Crippen LogP contribution in [0.25, 0.3) is 0 Å². The molecule has 4 rings (SSSR count). The molecular weight excluding hydrogens is 288 g/mol. The number of hydrogen-bond donors (Lipinski definition) is 1. The van der Waals surface area contributed by atoms with Crippen molar-refractivity contribution < 1.29 is 0 Å². The maximum atomic E-state index is 5.59. The lowest BCUT2D eigenvalue weighted by molar-refractivity contribution is 0.690. The van der Waals surface area contributed by atoms with Gasteiger partial charge in [0.2, 0.25) is 0 Å². The molecule has 1 aromatic heterocycles. The molecule has 1 aromatic carbocycles. The van der Waals surface area contributed by atoms with E-state index in [4.69, 9.17) is 10.1 Å². The molecule has 2 nitrogen and oxygen atoms in total. The minimum atomic E-state index is 0.609. The molecule has 114 valence electrons. The van der Waals surface area contributed by atoms with Crippen LogP contribution in [0.4, 0.5) is 0 Å². The van der Waals surface area contributed by atoms with E-state index in [0.717, 1.165) is 4.90 Å². The zero-order valence-corrected chi connectivity index (χ0v) is 13.6. The molecule has 0 radical (unpaired) electrons. The summed E-state index contributed by atoms with van der Waals surface area (Å²) >= 11 is 1.31. The van der Waals surface area contributed by atoms with Crippen molar-refractivity contribution in [3.05, 3.63) is 59.4 Å². The van der Waals surface area contributed by atoms with Crippen LogP contribution in [0.3, 0.4) is 0 Å². The van der Waals surface area contributed by atoms with Gasteiger partial charge in [-0.25, -0.2) is 0 Å². The van der Waals surface area contributed by atoms with Gasteiger partial charge in [-0.2, -0.15) is 0 Å². The lowest BCUT2D eigenvalue weighted by atomic mass is 10.0. The third kappa shape index (κ3) is 2.80. The summed E-state index contributed by atoms with van der Waals surface area (Å²) in [6.07, 6.45) is 6.62. The first-order chi connectivity index (χ1) is 10.8. The highest BCUT2D eigenvalue weighted by Crippen LogP contribution is 2.54. The second kappa shape index (κ2) is 6.05. The first-order valence-corrected chi connectivity index (χ1v) is 9.16. The van der Waals surface area contributed by atoms with Gasteiger partial charge in [0, 0.05) is 28.1 Å². The van der Waals surface area contributed by atoms with Crippen molar-refractivity contribution in [2.24, 2.45) is 5.14 Å². The van der Waals surface area contributed by atoms with Crippen molar-refractivity contribution in [3.8, 4) is 0 Å². The monoisotopic (exact) mass is 310 g/mol. The SMILES string of the molecule is NSc1ccc(C2CC2c2cccc(C3CCCC3)n2)cc1. The highest BCUT2D eigenvalue weighted by molar-refractivity contribution is 7.97. The van der Waals surface area contributed by atoms with Crippen LogP contribution in [0.15, 0.2) is 47.4 Å². The zero-order valence-electron chi connectivity index (χ0n) is 12.7. The number of nitrogens with two attached hydrogens (primary N) is 1. The van der Waals surface area contributed by atoms with E-state index in [1.54, 1.807) is 0 Å². The van der Waals surface area contributed by atoms with Gasteiger partial charge >= 0.3 is 0 Å². The fourth-order valence-corrected chi connectivity index (χ4v) is 4.10. The van der Waals surface area contributed by atoms with Crippen LogP contribution in [0.2, 0.25) is 0 Å². The fraction of sp³-hybridized carbons (Fsp3) is 0.421. The largest absolute Gasteiger partial charge is 0.274 e. The summed E-state index contributed by atoms with van der Waals surface area (Å²) in [5.41, 5.74) is 4.05. The zero-order chi connectivity index (χ0) is 14.9. The van der Waals surface area contributed by atoms with Gasteiger partial charge in [0.25, 0.3) is 0 Å². The number of aromatic nitrogens is 1. The second-order valence-electron chi connectivity index (χ2n) is 6.60. The number of pyridine rings is 1. The van der Waals surface area contributed by atoms with Crippen molar-refractivity contribution in [2.75, 3.05) is 0 Å². The molecule has 2 aliphatic rings. The Balaban J connectivity index is 1.50. The molecule has 22 heavy (non-hydrogen) atoms. The van der Waals surface area contributed by atoms with Crippen LogP contribution >= 0.6 is 11.9 Å². The van der Waals surface area contributed by atoms with E-state index in [1.165, 1.54) is 61.0 Å². The Labute approximate surface area is 136 Å². The lowest BCUT2D eigenvalue weighted by Gasteiger charge is -2.10. The number of benzene rings is 1. The minimum absolute atomic E-state index is 0.609. The lowest BCUT2D eigenvalue weighted by Crippen LogP contribution is -1.99. The van der Waals surface area contributed by atoms with E-state index >= 15 is 0 Å². The van der Waals surface area contributed by atoms with Gasteiger partial charge in [-0.1, -0.05) is 31.0 Å². The quantitative estimate of drug-likeness (QED) is 0.810. The van der Waals surface area contributed by atoms with Crippen LogP contribution in [0.5, 0.6) is 0 Å². The molecule has 0 saturated heterocycles. The highest BCUT2D eigenvalue weighted by Gasteiger charge is 2.40. The molecule has 0 aliphatic heterocycles. The highest BCUT2D eigenvalue weighted by atomic mass is 32.2. The van der Waals surface area contributed by atoms with Gasteiger partial charge in [-0.05, 0) is 67.0 Å². The van der Waals surface area contributed by atoms with Crippen LogP contribution in [-0.2, 0) is 0 Å². The van der Waals surface area contributed by atoms with E-state index in [9.17, 15) is 0 Å². The van der Waals surface area contributed by atoms with E-state index in [1.807, 2.05) is 0 Å². The summed E-state index contributed by atoms with van der Waals surface area (Å²) in [5.74, 6) is 1.96. The number of hydrogen-bond acceptors (Lipinski definition) is 3. The smallest absolute Gasteiger partial charge is 0.0444 e. The molecule has 0 amide bonds. The Morgan fingerprint density at radius 3 is 2.36 bits per heavy atom. The van der Waals surface area contributed by atoms with Crippen molar-refractivity contribution in [2.45, 2.75) is 54.8 Å². The summed E-state index contributed by atoms with van der Waals surface area (Å²) < 4.78 is 0. The fourth-order valence-electron chi connectivity index (χ4n) is 3.81. The molecule has 2 atom stereocenters. The Hall–Kier alpha value is -1.32. The van der Waals surface area contributed by atoms with Gasteiger partial charge < -0.3 is 0 Å². The number of rotatable bonds is 4.